The van der Waals surface area contributed by atoms with E-state index in [0.29, 0.717) is 5.41 Å². The van der Waals surface area contributed by atoms with Crippen LogP contribution in [0.5, 0.6) is 0 Å². The van der Waals surface area contributed by atoms with E-state index in [1.807, 2.05) is 23.1 Å². The quantitative estimate of drug-likeness (QED) is 0.695. The summed E-state index contributed by atoms with van der Waals surface area (Å²) in [5.74, 6) is 0.134. The molecule has 1 aliphatic carbocycles. The molecule has 30 heavy (non-hydrogen) atoms. The fourth-order valence-corrected chi connectivity index (χ4v) is 4.91. The lowest BCUT2D eigenvalue weighted by molar-refractivity contribution is 0.0643. The predicted molar refractivity (Wildman–Crippen MR) is 120 cm³/mol. The van der Waals surface area contributed by atoms with Gasteiger partial charge in [0.1, 0.15) is 5.69 Å². The Bertz CT molecular complexity index is 1080. The number of piperazine rings is 1. The molecule has 2 aromatic heterocycles. The number of hydrogen-bond donors (Lipinski definition) is 2. The van der Waals surface area contributed by atoms with Crippen molar-refractivity contribution >= 4 is 16.8 Å². The van der Waals surface area contributed by atoms with Crippen molar-refractivity contribution in [3.63, 3.8) is 0 Å². The number of nitrogens with zero attached hydrogens (tertiary/aromatic N) is 3. The minimum absolute atomic E-state index is 0.134. The molecule has 0 saturated carbocycles. The number of rotatable bonds is 3. The summed E-state index contributed by atoms with van der Waals surface area (Å²) >= 11 is 0. The topological polar surface area (TPSA) is 68.0 Å². The smallest absolute Gasteiger partial charge is 0.253 e. The first-order chi connectivity index (χ1) is 14.4. The van der Waals surface area contributed by atoms with Gasteiger partial charge in [0, 0.05) is 53.9 Å². The number of nitrogens with one attached hydrogen (secondary N) is 2. The molecule has 5 rings (SSSR count). The van der Waals surface area contributed by atoms with E-state index in [2.05, 4.69) is 46.9 Å². The molecule has 2 aliphatic rings. The lowest BCUT2D eigenvalue weighted by Gasteiger charge is -2.34. The average Bonchev–Trinajstić information content (AvgIpc) is 3.35. The highest BCUT2D eigenvalue weighted by Crippen LogP contribution is 2.38. The number of aromatic nitrogens is 3. The number of hydrogen-bond acceptors (Lipinski definition) is 3. The van der Waals surface area contributed by atoms with E-state index in [0.717, 1.165) is 73.4 Å². The first-order valence-corrected chi connectivity index (χ1v) is 11.1. The molecular formula is C24H31N5O. The van der Waals surface area contributed by atoms with E-state index in [4.69, 9.17) is 0 Å². The van der Waals surface area contributed by atoms with Crippen LogP contribution < -0.4 is 0 Å². The Kier molecular flexibility index (Phi) is 4.69. The van der Waals surface area contributed by atoms with E-state index < -0.39 is 0 Å². The maximum absolute atomic E-state index is 13.0. The van der Waals surface area contributed by atoms with Crippen molar-refractivity contribution < 1.29 is 4.79 Å². The highest BCUT2D eigenvalue weighted by molar-refractivity contribution is 5.99. The van der Waals surface area contributed by atoms with Crippen LogP contribution in [0.25, 0.3) is 22.3 Å². The zero-order chi connectivity index (χ0) is 20.9. The van der Waals surface area contributed by atoms with E-state index in [1.54, 1.807) is 0 Å². The number of amides is 1. The maximum atomic E-state index is 13.0. The molecule has 1 amide bonds. The number of benzene rings is 1. The summed E-state index contributed by atoms with van der Waals surface area (Å²) in [7, 11) is 0. The molecule has 0 spiro atoms. The molecular weight excluding hydrogens is 374 g/mol. The van der Waals surface area contributed by atoms with Crippen molar-refractivity contribution in [1.82, 2.24) is 25.0 Å². The predicted octanol–water partition coefficient (Wildman–Crippen LogP) is 3.85. The van der Waals surface area contributed by atoms with Gasteiger partial charge in [-0.15, -0.1) is 0 Å². The highest BCUT2D eigenvalue weighted by atomic mass is 16.2. The molecule has 2 N–H and O–H groups in total. The Hall–Kier alpha value is -2.60. The molecule has 0 unspecified atom stereocenters. The van der Waals surface area contributed by atoms with Gasteiger partial charge in [-0.1, -0.05) is 20.8 Å². The van der Waals surface area contributed by atoms with Crippen molar-refractivity contribution in [3.8, 4) is 11.4 Å². The third-order valence-corrected chi connectivity index (χ3v) is 6.89. The third kappa shape index (κ3) is 3.43. The second kappa shape index (κ2) is 7.27. The second-order valence-electron chi connectivity index (χ2n) is 9.58. The van der Waals surface area contributed by atoms with Gasteiger partial charge in [0.15, 0.2) is 0 Å². The standard InChI is InChI=1S/C24H31N5O/c1-4-28-9-11-29(12-10-28)23(30)16-5-6-19-17(13-16)14-20(25-19)22-18-7-8-24(2,3)15-21(18)26-27-22/h5-6,13-14,25H,4,7-12,15H2,1-3H3,(H,26,27). The van der Waals surface area contributed by atoms with Gasteiger partial charge in [-0.3, -0.25) is 9.89 Å². The Morgan fingerprint density at radius 3 is 2.73 bits per heavy atom. The third-order valence-electron chi connectivity index (χ3n) is 6.89. The van der Waals surface area contributed by atoms with Crippen molar-refractivity contribution in [3.05, 3.63) is 41.1 Å². The largest absolute Gasteiger partial charge is 0.353 e. The van der Waals surface area contributed by atoms with E-state index in [1.165, 1.54) is 17.7 Å². The van der Waals surface area contributed by atoms with Gasteiger partial charge in [-0.2, -0.15) is 5.10 Å². The van der Waals surface area contributed by atoms with Crippen LogP contribution in [0.1, 0.15) is 48.8 Å². The number of carbonyl (C=O) groups excluding carboxylic acids is 1. The zero-order valence-electron chi connectivity index (χ0n) is 18.2. The Labute approximate surface area is 177 Å². The molecule has 6 nitrogen and oxygen atoms in total. The number of aromatic amines is 2. The first-order valence-electron chi connectivity index (χ1n) is 11.1. The average molecular weight is 406 g/mol. The molecule has 0 radical (unpaired) electrons. The van der Waals surface area contributed by atoms with Crippen molar-refractivity contribution in [2.45, 2.75) is 40.0 Å². The number of likely N-dealkylation sites (N-methyl/N-ethyl adjacent to an activating group) is 1. The van der Waals surface area contributed by atoms with Gasteiger partial charge in [0.05, 0.1) is 5.69 Å². The summed E-state index contributed by atoms with van der Waals surface area (Å²) in [4.78, 5) is 20.9. The van der Waals surface area contributed by atoms with Crippen LogP contribution in [-0.4, -0.2) is 63.6 Å². The summed E-state index contributed by atoms with van der Waals surface area (Å²) in [6.45, 7) is 11.4. The maximum Gasteiger partial charge on any atom is 0.253 e. The number of fused-ring (bicyclic) bond motifs is 2. The van der Waals surface area contributed by atoms with Crippen LogP contribution in [0.15, 0.2) is 24.3 Å². The molecule has 1 aliphatic heterocycles. The molecule has 158 valence electrons. The number of carbonyl (C=O) groups is 1. The van der Waals surface area contributed by atoms with Gasteiger partial charge in [0.2, 0.25) is 0 Å². The van der Waals surface area contributed by atoms with Crippen LogP contribution in [0.4, 0.5) is 0 Å². The lowest BCUT2D eigenvalue weighted by atomic mass is 9.76. The van der Waals surface area contributed by atoms with Crippen LogP contribution in [-0.2, 0) is 12.8 Å². The van der Waals surface area contributed by atoms with Crippen molar-refractivity contribution in [2.75, 3.05) is 32.7 Å². The molecule has 1 saturated heterocycles. The summed E-state index contributed by atoms with van der Waals surface area (Å²) < 4.78 is 0. The molecule has 0 atom stereocenters. The lowest BCUT2D eigenvalue weighted by Crippen LogP contribution is -2.48. The second-order valence-corrected chi connectivity index (χ2v) is 9.58. The van der Waals surface area contributed by atoms with Crippen molar-refractivity contribution in [1.29, 1.82) is 0 Å². The van der Waals surface area contributed by atoms with Gasteiger partial charge >= 0.3 is 0 Å². The van der Waals surface area contributed by atoms with E-state index in [9.17, 15) is 4.79 Å². The van der Waals surface area contributed by atoms with Gasteiger partial charge in [-0.05, 0) is 55.5 Å². The summed E-state index contributed by atoms with van der Waals surface area (Å²) in [5, 5.41) is 8.98. The Morgan fingerprint density at radius 2 is 1.97 bits per heavy atom. The summed E-state index contributed by atoms with van der Waals surface area (Å²) in [6, 6.07) is 8.12. The van der Waals surface area contributed by atoms with Crippen LogP contribution in [0.3, 0.4) is 0 Å². The zero-order valence-corrected chi connectivity index (χ0v) is 18.2. The van der Waals surface area contributed by atoms with Crippen LogP contribution in [0.2, 0.25) is 0 Å². The molecule has 3 aromatic rings. The van der Waals surface area contributed by atoms with Crippen molar-refractivity contribution in [2.24, 2.45) is 5.41 Å². The molecule has 6 heteroatoms. The van der Waals surface area contributed by atoms with Gasteiger partial charge < -0.3 is 14.8 Å². The summed E-state index contributed by atoms with van der Waals surface area (Å²) in [6.07, 6.45) is 3.27. The Balaban J connectivity index is 1.40. The SMILES string of the molecule is CCN1CCN(C(=O)c2ccc3[nH]c(-c4n[nH]c5c4CCC(C)(C)C5)cc3c2)CC1. The van der Waals surface area contributed by atoms with Crippen LogP contribution >= 0.6 is 0 Å². The molecule has 3 heterocycles. The molecule has 1 aromatic carbocycles. The normalized spacial score (nSPS) is 19.2. The monoisotopic (exact) mass is 405 g/mol. The fourth-order valence-electron chi connectivity index (χ4n) is 4.91. The Morgan fingerprint density at radius 1 is 1.17 bits per heavy atom. The van der Waals surface area contributed by atoms with Crippen LogP contribution in [0, 0.1) is 5.41 Å². The first kappa shape index (κ1) is 19.4. The van der Waals surface area contributed by atoms with Gasteiger partial charge in [-0.25, -0.2) is 0 Å². The fraction of sp³-hybridized carbons (Fsp3) is 0.500. The highest BCUT2D eigenvalue weighted by Gasteiger charge is 2.29. The number of H-pyrrole nitrogens is 2. The van der Waals surface area contributed by atoms with E-state index >= 15 is 0 Å². The van der Waals surface area contributed by atoms with Gasteiger partial charge in [0.25, 0.3) is 5.91 Å². The van der Waals surface area contributed by atoms with E-state index in [-0.39, 0.29) is 5.91 Å². The molecule has 1 fully saturated rings. The molecule has 0 bridgehead atoms. The minimum atomic E-state index is 0.134. The minimum Gasteiger partial charge on any atom is -0.353 e. The summed E-state index contributed by atoms with van der Waals surface area (Å²) in [5.41, 5.74) is 6.81.